The smallest absolute Gasteiger partial charge is 0.484 e. The fourth-order valence-corrected chi connectivity index (χ4v) is 2.01. The van der Waals surface area contributed by atoms with Crippen LogP contribution in [-0.2, 0) is 6.61 Å². The molecule has 130 valence electrons. The van der Waals surface area contributed by atoms with Gasteiger partial charge in [0.1, 0.15) is 6.61 Å². The Balaban J connectivity index is 2.38. The number of halogens is 5. The molecule has 0 radical (unpaired) electrons. The van der Waals surface area contributed by atoms with E-state index in [0.717, 1.165) is 12.1 Å². The van der Waals surface area contributed by atoms with Gasteiger partial charge in [-0.1, -0.05) is 24.3 Å². The summed E-state index contributed by atoms with van der Waals surface area (Å²) >= 11 is 0. The van der Waals surface area contributed by atoms with Crippen LogP contribution in [0.2, 0.25) is 0 Å². The zero-order valence-electron chi connectivity index (χ0n) is 12.2. The maximum Gasteiger partial charge on any atom is 0.573 e. The van der Waals surface area contributed by atoms with Crippen molar-refractivity contribution < 1.29 is 36.5 Å². The Morgan fingerprint density at radius 2 is 1.67 bits per heavy atom. The molecular formula is C16H13F5O3. The molecule has 0 heterocycles. The maximum atomic E-state index is 12.5. The summed E-state index contributed by atoms with van der Waals surface area (Å²) in [6.45, 7) is -1.27. The number of benzene rings is 2. The van der Waals surface area contributed by atoms with Gasteiger partial charge in [0.2, 0.25) is 0 Å². The third-order valence-corrected chi connectivity index (χ3v) is 2.98. The highest BCUT2D eigenvalue weighted by atomic mass is 19.4. The van der Waals surface area contributed by atoms with Crippen LogP contribution in [0.3, 0.4) is 0 Å². The normalized spacial score (nSPS) is 11.6. The standard InChI is InChI=1S/C16H13F5O3/c17-15(18)9-23-13-5-4-12(7-14(13)24-16(19,20)21)11-3-1-2-10(6-11)8-22/h1-7,15,22H,8-9H2. The van der Waals surface area contributed by atoms with Crippen LogP contribution in [0.5, 0.6) is 11.5 Å². The van der Waals surface area contributed by atoms with Gasteiger partial charge in [-0.3, -0.25) is 0 Å². The first-order valence-electron chi connectivity index (χ1n) is 6.79. The first-order chi connectivity index (χ1) is 11.3. The van der Waals surface area contributed by atoms with Crippen molar-refractivity contribution in [3.63, 3.8) is 0 Å². The van der Waals surface area contributed by atoms with Crippen molar-refractivity contribution in [2.24, 2.45) is 0 Å². The van der Waals surface area contributed by atoms with Gasteiger partial charge in [-0.15, -0.1) is 13.2 Å². The predicted octanol–water partition coefficient (Wildman–Crippen LogP) is 4.39. The fourth-order valence-electron chi connectivity index (χ4n) is 2.01. The first-order valence-corrected chi connectivity index (χ1v) is 6.79. The summed E-state index contributed by atoms with van der Waals surface area (Å²) in [5.41, 5.74) is 1.46. The quantitative estimate of drug-likeness (QED) is 0.787. The number of hydrogen-bond donors (Lipinski definition) is 1. The highest BCUT2D eigenvalue weighted by Crippen LogP contribution is 2.36. The van der Waals surface area contributed by atoms with Gasteiger partial charge in [0.15, 0.2) is 11.5 Å². The van der Waals surface area contributed by atoms with Crippen LogP contribution < -0.4 is 9.47 Å². The zero-order chi connectivity index (χ0) is 17.7. The highest BCUT2D eigenvalue weighted by Gasteiger charge is 2.32. The molecule has 0 unspecified atom stereocenters. The summed E-state index contributed by atoms with van der Waals surface area (Å²) in [6, 6.07) is 10.1. The van der Waals surface area contributed by atoms with E-state index in [0.29, 0.717) is 16.7 Å². The number of ether oxygens (including phenoxy) is 2. The molecular weight excluding hydrogens is 335 g/mol. The Bertz CT molecular complexity index is 686. The van der Waals surface area contributed by atoms with Gasteiger partial charge in [0.05, 0.1) is 6.61 Å². The van der Waals surface area contributed by atoms with Gasteiger partial charge in [-0.05, 0) is 34.9 Å². The number of alkyl halides is 5. The average molecular weight is 348 g/mol. The van der Waals surface area contributed by atoms with Crippen molar-refractivity contribution in [1.82, 2.24) is 0 Å². The number of aliphatic hydroxyl groups excluding tert-OH is 1. The van der Waals surface area contributed by atoms with Crippen molar-refractivity contribution in [2.45, 2.75) is 19.4 Å². The lowest BCUT2D eigenvalue weighted by Gasteiger charge is -2.15. The summed E-state index contributed by atoms with van der Waals surface area (Å²) in [4.78, 5) is 0. The second-order valence-electron chi connectivity index (χ2n) is 4.77. The van der Waals surface area contributed by atoms with Gasteiger partial charge in [0, 0.05) is 0 Å². The molecule has 0 aliphatic rings. The monoisotopic (exact) mass is 348 g/mol. The molecule has 8 heteroatoms. The van der Waals surface area contributed by atoms with Crippen molar-refractivity contribution in [3.8, 4) is 22.6 Å². The van der Waals surface area contributed by atoms with E-state index in [1.54, 1.807) is 24.3 Å². The predicted molar refractivity (Wildman–Crippen MR) is 76.0 cm³/mol. The molecule has 0 saturated carbocycles. The lowest BCUT2D eigenvalue weighted by atomic mass is 10.0. The summed E-state index contributed by atoms with van der Waals surface area (Å²) in [5.74, 6) is -1.15. The molecule has 1 N–H and O–H groups in total. The van der Waals surface area contributed by atoms with E-state index in [9.17, 15) is 22.0 Å². The molecule has 0 amide bonds. The van der Waals surface area contributed by atoms with Crippen molar-refractivity contribution in [3.05, 3.63) is 48.0 Å². The van der Waals surface area contributed by atoms with Crippen LogP contribution in [0.1, 0.15) is 5.56 Å². The minimum Gasteiger partial charge on any atom is -0.484 e. The van der Waals surface area contributed by atoms with Crippen LogP contribution in [-0.4, -0.2) is 24.5 Å². The summed E-state index contributed by atoms with van der Waals surface area (Å²) in [7, 11) is 0. The van der Waals surface area contributed by atoms with E-state index in [4.69, 9.17) is 5.11 Å². The fraction of sp³-hybridized carbons (Fsp3) is 0.250. The Morgan fingerprint density at radius 3 is 2.29 bits per heavy atom. The van der Waals surface area contributed by atoms with E-state index in [-0.39, 0.29) is 6.61 Å². The molecule has 2 rings (SSSR count). The largest absolute Gasteiger partial charge is 0.573 e. The molecule has 0 aromatic heterocycles. The van der Waals surface area contributed by atoms with Crippen LogP contribution >= 0.6 is 0 Å². The lowest BCUT2D eigenvalue weighted by Crippen LogP contribution is -2.18. The number of hydrogen-bond acceptors (Lipinski definition) is 3. The maximum absolute atomic E-state index is 12.5. The highest BCUT2D eigenvalue weighted by molar-refractivity contribution is 5.67. The molecule has 2 aromatic rings. The minimum absolute atomic E-state index is 0.227. The second-order valence-corrected chi connectivity index (χ2v) is 4.77. The van der Waals surface area contributed by atoms with E-state index in [1.165, 1.54) is 6.07 Å². The second kappa shape index (κ2) is 7.48. The molecule has 0 fully saturated rings. The molecule has 0 bridgehead atoms. The van der Waals surface area contributed by atoms with Crippen LogP contribution in [0.4, 0.5) is 22.0 Å². The third kappa shape index (κ3) is 5.09. The molecule has 3 nitrogen and oxygen atoms in total. The minimum atomic E-state index is -4.99. The van der Waals surface area contributed by atoms with Crippen LogP contribution in [0, 0.1) is 0 Å². The van der Waals surface area contributed by atoms with E-state index in [2.05, 4.69) is 9.47 Å². The van der Waals surface area contributed by atoms with Gasteiger partial charge < -0.3 is 14.6 Å². The Labute approximate surface area is 134 Å². The van der Waals surface area contributed by atoms with Crippen molar-refractivity contribution in [1.29, 1.82) is 0 Å². The van der Waals surface area contributed by atoms with E-state index in [1.807, 2.05) is 0 Å². The zero-order valence-corrected chi connectivity index (χ0v) is 12.2. The molecule has 0 aliphatic heterocycles. The molecule has 0 aliphatic carbocycles. The van der Waals surface area contributed by atoms with Gasteiger partial charge in [0.25, 0.3) is 6.43 Å². The Hall–Kier alpha value is -2.35. The molecule has 2 aromatic carbocycles. The molecule has 0 saturated heterocycles. The number of rotatable bonds is 6. The summed E-state index contributed by atoms with van der Waals surface area (Å²) in [6.07, 6.45) is -7.82. The first kappa shape index (κ1) is 18.0. The summed E-state index contributed by atoms with van der Waals surface area (Å²) in [5, 5.41) is 9.12. The van der Waals surface area contributed by atoms with Gasteiger partial charge in [-0.2, -0.15) is 0 Å². The topological polar surface area (TPSA) is 38.7 Å². The lowest BCUT2D eigenvalue weighted by molar-refractivity contribution is -0.275. The Kier molecular flexibility index (Phi) is 5.61. The van der Waals surface area contributed by atoms with Gasteiger partial charge in [-0.25, -0.2) is 8.78 Å². The molecule has 0 atom stereocenters. The molecule has 0 spiro atoms. The Morgan fingerprint density at radius 1 is 0.958 bits per heavy atom. The SMILES string of the molecule is OCc1cccc(-c2ccc(OCC(F)F)c(OC(F)(F)F)c2)c1. The van der Waals surface area contributed by atoms with Gasteiger partial charge >= 0.3 is 6.36 Å². The molecule has 24 heavy (non-hydrogen) atoms. The van der Waals surface area contributed by atoms with E-state index >= 15 is 0 Å². The van der Waals surface area contributed by atoms with Crippen molar-refractivity contribution >= 4 is 0 Å². The number of aliphatic hydroxyl groups is 1. The average Bonchev–Trinajstić information content (AvgIpc) is 2.52. The summed E-state index contributed by atoms with van der Waals surface area (Å²) < 4.78 is 70.5. The van der Waals surface area contributed by atoms with Crippen LogP contribution in [0.15, 0.2) is 42.5 Å². The van der Waals surface area contributed by atoms with Crippen LogP contribution in [0.25, 0.3) is 11.1 Å². The third-order valence-electron chi connectivity index (χ3n) is 2.98. The van der Waals surface area contributed by atoms with Crippen molar-refractivity contribution in [2.75, 3.05) is 6.61 Å². The van der Waals surface area contributed by atoms with E-state index < -0.39 is 30.9 Å².